The SMILES string of the molecule is CC1(C)CC[C@]2(C(=O)O)C(O)C[C@@]3(C)C(=CC[C@@H]4[C@@]5(C)CCC(OS(=O)(=O)O)C(C)(C)[C@@H]5CC[C@]43C)[C@@H]2C1. The van der Waals surface area contributed by atoms with E-state index in [-0.39, 0.29) is 33.5 Å². The smallest absolute Gasteiger partial charge is 0.397 e. The summed E-state index contributed by atoms with van der Waals surface area (Å²) in [6, 6.07) is 0. The highest BCUT2D eigenvalue weighted by molar-refractivity contribution is 7.80. The van der Waals surface area contributed by atoms with Gasteiger partial charge in [0.15, 0.2) is 0 Å². The van der Waals surface area contributed by atoms with Crippen molar-refractivity contribution in [3.8, 4) is 0 Å². The van der Waals surface area contributed by atoms with E-state index < -0.39 is 39.4 Å². The van der Waals surface area contributed by atoms with E-state index in [1.807, 2.05) is 0 Å². The second-order valence-electron chi connectivity index (χ2n) is 15.7. The second-order valence-corrected chi connectivity index (χ2v) is 16.7. The molecule has 0 amide bonds. The summed E-state index contributed by atoms with van der Waals surface area (Å²) in [7, 11) is -4.54. The van der Waals surface area contributed by atoms with Crippen LogP contribution in [0.25, 0.3) is 0 Å². The Hall–Kier alpha value is -0.960. The number of fused-ring (bicyclic) bond motifs is 7. The van der Waals surface area contributed by atoms with E-state index in [1.54, 1.807) is 0 Å². The maximum Gasteiger partial charge on any atom is 0.397 e. The van der Waals surface area contributed by atoms with Gasteiger partial charge >= 0.3 is 16.4 Å². The molecular weight excluding hydrogens is 504 g/mol. The fraction of sp³-hybridized carbons (Fsp3) is 0.900. The molecule has 38 heavy (non-hydrogen) atoms. The summed E-state index contributed by atoms with van der Waals surface area (Å²) in [5, 5.41) is 22.3. The van der Waals surface area contributed by atoms with E-state index in [2.05, 4.69) is 54.5 Å². The molecule has 5 rings (SSSR count). The number of rotatable bonds is 3. The van der Waals surface area contributed by atoms with Crippen molar-refractivity contribution >= 4 is 16.4 Å². The van der Waals surface area contributed by atoms with Crippen LogP contribution in [0.3, 0.4) is 0 Å². The number of hydrogen-bond donors (Lipinski definition) is 3. The molecule has 0 saturated heterocycles. The highest BCUT2D eigenvalue weighted by atomic mass is 32.3. The highest BCUT2D eigenvalue weighted by Gasteiger charge is 2.71. The Bertz CT molecular complexity index is 1160. The monoisotopic (exact) mass is 552 g/mol. The van der Waals surface area contributed by atoms with Crippen LogP contribution in [0.2, 0.25) is 0 Å². The molecule has 4 saturated carbocycles. The number of carbonyl (C=O) groups is 1. The van der Waals surface area contributed by atoms with Gasteiger partial charge in [-0.15, -0.1) is 0 Å². The van der Waals surface area contributed by atoms with E-state index in [1.165, 1.54) is 5.57 Å². The molecule has 216 valence electrons. The van der Waals surface area contributed by atoms with Crippen molar-refractivity contribution in [1.82, 2.24) is 0 Å². The molecule has 0 aromatic carbocycles. The largest absolute Gasteiger partial charge is 0.481 e. The fourth-order valence-corrected chi connectivity index (χ4v) is 11.7. The lowest BCUT2D eigenvalue weighted by atomic mass is 9.33. The summed E-state index contributed by atoms with van der Waals surface area (Å²) in [5.41, 5.74) is -0.765. The topological polar surface area (TPSA) is 121 Å². The number of carboxylic acids is 1. The van der Waals surface area contributed by atoms with E-state index in [0.29, 0.717) is 25.2 Å². The third-order valence-electron chi connectivity index (χ3n) is 13.3. The number of carboxylic acid groups (broad SMARTS) is 1. The van der Waals surface area contributed by atoms with Gasteiger partial charge in [0.2, 0.25) is 0 Å². The van der Waals surface area contributed by atoms with Gasteiger partial charge in [-0.2, -0.15) is 8.42 Å². The van der Waals surface area contributed by atoms with Gasteiger partial charge < -0.3 is 10.2 Å². The number of aliphatic hydroxyl groups excluding tert-OH is 1. The Morgan fingerprint density at radius 2 is 1.61 bits per heavy atom. The predicted octanol–water partition coefficient (Wildman–Crippen LogP) is 6.03. The van der Waals surface area contributed by atoms with Crippen molar-refractivity contribution in [2.24, 2.45) is 50.2 Å². The zero-order chi connectivity index (χ0) is 28.3. The Balaban J connectivity index is 1.58. The van der Waals surface area contributed by atoms with Gasteiger partial charge in [-0.25, -0.2) is 4.18 Å². The molecule has 7 nitrogen and oxygen atoms in total. The Labute approximate surface area is 228 Å². The molecule has 0 aromatic heterocycles. The highest BCUT2D eigenvalue weighted by Crippen LogP contribution is 2.75. The molecule has 0 aliphatic heterocycles. The minimum atomic E-state index is -4.54. The third-order valence-corrected chi connectivity index (χ3v) is 13.7. The average Bonchev–Trinajstić information content (AvgIpc) is 2.75. The standard InChI is InChI=1S/C30H48O7S/c1-25(2)14-15-30(24(32)33)19(16-25)18-8-9-21-27(5)12-11-23(37-38(34,35)36)26(3,4)20(27)10-13-28(21,6)29(18,7)17-22(30)31/h8,19-23,31H,9-17H2,1-7H3,(H,32,33)(H,34,35,36)/t19-,20-,21+,22?,23?,27-,28+,29-,30+/m0/s1. The summed E-state index contributed by atoms with van der Waals surface area (Å²) in [5.74, 6) is -0.492. The average molecular weight is 553 g/mol. The van der Waals surface area contributed by atoms with Crippen molar-refractivity contribution in [3.63, 3.8) is 0 Å². The normalized spacial score (nSPS) is 49.5. The Morgan fingerprint density at radius 3 is 2.21 bits per heavy atom. The first-order chi connectivity index (χ1) is 17.2. The van der Waals surface area contributed by atoms with Gasteiger partial charge in [0.25, 0.3) is 0 Å². The fourth-order valence-electron chi connectivity index (χ4n) is 11.0. The Morgan fingerprint density at radius 1 is 0.947 bits per heavy atom. The summed E-state index contributed by atoms with van der Waals surface area (Å²) < 4.78 is 37.9. The van der Waals surface area contributed by atoms with E-state index in [4.69, 9.17) is 4.18 Å². The molecule has 3 N–H and O–H groups in total. The molecular formula is C30H48O7S. The number of aliphatic hydroxyl groups is 1. The van der Waals surface area contributed by atoms with Crippen LogP contribution in [0.4, 0.5) is 0 Å². The lowest BCUT2D eigenvalue weighted by Gasteiger charge is -2.71. The molecule has 0 bridgehead atoms. The maximum absolute atomic E-state index is 12.9. The molecule has 0 heterocycles. The molecule has 5 aliphatic carbocycles. The van der Waals surface area contributed by atoms with Gasteiger partial charge in [0.05, 0.1) is 12.2 Å². The maximum atomic E-state index is 12.9. The molecule has 0 aromatic rings. The number of aliphatic carboxylic acids is 1. The van der Waals surface area contributed by atoms with Gasteiger partial charge in [0.1, 0.15) is 5.41 Å². The molecule has 5 aliphatic rings. The summed E-state index contributed by atoms with van der Waals surface area (Å²) in [6.07, 6.45) is 7.53. The first-order valence-electron chi connectivity index (χ1n) is 14.5. The van der Waals surface area contributed by atoms with Crippen LogP contribution < -0.4 is 0 Å². The molecule has 0 spiro atoms. The molecule has 2 unspecified atom stereocenters. The second kappa shape index (κ2) is 8.29. The molecule has 8 heteroatoms. The van der Waals surface area contributed by atoms with Crippen molar-refractivity contribution < 1.29 is 32.2 Å². The zero-order valence-electron chi connectivity index (χ0n) is 24.2. The number of allylic oxidation sites excluding steroid dienone is 2. The molecule has 9 atom stereocenters. The Kier molecular flexibility index (Phi) is 6.23. The van der Waals surface area contributed by atoms with Crippen molar-refractivity contribution in [3.05, 3.63) is 11.6 Å². The van der Waals surface area contributed by atoms with Gasteiger partial charge in [-0.1, -0.05) is 60.1 Å². The van der Waals surface area contributed by atoms with Crippen molar-refractivity contribution in [2.75, 3.05) is 0 Å². The molecule has 0 radical (unpaired) electrons. The van der Waals surface area contributed by atoms with Gasteiger partial charge in [-0.05, 0) is 103 Å². The van der Waals surface area contributed by atoms with Crippen LogP contribution in [0.15, 0.2) is 11.6 Å². The quantitative estimate of drug-likeness (QED) is 0.289. The minimum absolute atomic E-state index is 0.0271. The third kappa shape index (κ3) is 3.68. The summed E-state index contributed by atoms with van der Waals surface area (Å²) in [6.45, 7) is 15.7. The summed E-state index contributed by atoms with van der Waals surface area (Å²) in [4.78, 5) is 12.9. The van der Waals surface area contributed by atoms with Crippen molar-refractivity contribution in [1.29, 1.82) is 0 Å². The van der Waals surface area contributed by atoms with Crippen LogP contribution in [0.5, 0.6) is 0 Å². The van der Waals surface area contributed by atoms with E-state index >= 15 is 0 Å². The van der Waals surface area contributed by atoms with Crippen LogP contribution in [0.1, 0.15) is 106 Å². The number of hydrogen-bond acceptors (Lipinski definition) is 5. The lowest BCUT2D eigenvalue weighted by Crippen LogP contribution is -2.67. The molecule has 4 fully saturated rings. The van der Waals surface area contributed by atoms with E-state index in [0.717, 1.165) is 38.5 Å². The van der Waals surface area contributed by atoms with Crippen LogP contribution in [-0.4, -0.2) is 41.4 Å². The zero-order valence-corrected chi connectivity index (χ0v) is 25.0. The van der Waals surface area contributed by atoms with Gasteiger partial charge in [0, 0.05) is 0 Å². The first-order valence-corrected chi connectivity index (χ1v) is 15.9. The van der Waals surface area contributed by atoms with Crippen LogP contribution in [-0.2, 0) is 19.4 Å². The van der Waals surface area contributed by atoms with Crippen molar-refractivity contribution in [2.45, 2.75) is 118 Å². The lowest BCUT2D eigenvalue weighted by molar-refractivity contribution is -0.216. The van der Waals surface area contributed by atoms with Crippen LogP contribution >= 0.6 is 0 Å². The predicted molar refractivity (Wildman–Crippen MR) is 144 cm³/mol. The minimum Gasteiger partial charge on any atom is -0.481 e. The van der Waals surface area contributed by atoms with Gasteiger partial charge in [-0.3, -0.25) is 9.35 Å². The summed E-state index contributed by atoms with van der Waals surface area (Å²) >= 11 is 0. The first kappa shape index (κ1) is 28.6. The van der Waals surface area contributed by atoms with E-state index in [9.17, 15) is 28.0 Å². The van der Waals surface area contributed by atoms with Crippen LogP contribution in [0, 0.1) is 50.2 Å².